The second-order valence-corrected chi connectivity index (χ2v) is 6.22. The van der Waals surface area contributed by atoms with Crippen LogP contribution in [0.15, 0.2) is 42.5 Å². The van der Waals surface area contributed by atoms with Gasteiger partial charge in [0.15, 0.2) is 10.2 Å². The number of halogens is 3. The molecule has 0 aliphatic heterocycles. The van der Waals surface area contributed by atoms with Crippen molar-refractivity contribution in [2.24, 2.45) is 0 Å². The van der Waals surface area contributed by atoms with Crippen LogP contribution in [-0.4, -0.2) is 16.1 Å². The molecular formula is C15H10Cl2FN3OS2. The van der Waals surface area contributed by atoms with E-state index in [0.717, 1.165) is 0 Å². The lowest BCUT2D eigenvalue weighted by Crippen LogP contribution is -2.43. The number of hydrogen-bond donors (Lipinski definition) is 3. The number of carbonyl (C=O) groups is 1. The van der Waals surface area contributed by atoms with Crippen molar-refractivity contribution in [1.82, 2.24) is 10.6 Å². The van der Waals surface area contributed by atoms with E-state index in [0.29, 0.717) is 16.3 Å². The van der Waals surface area contributed by atoms with E-state index in [2.05, 4.69) is 16.0 Å². The second kappa shape index (κ2) is 8.34. The molecule has 0 atom stereocenters. The summed E-state index contributed by atoms with van der Waals surface area (Å²) in [5, 5.41) is 8.49. The summed E-state index contributed by atoms with van der Waals surface area (Å²) in [4.78, 5) is 12.0. The molecule has 1 amide bonds. The highest BCUT2D eigenvalue weighted by Gasteiger charge is 2.09. The summed E-state index contributed by atoms with van der Waals surface area (Å²) >= 11 is 21.6. The number of anilines is 1. The van der Waals surface area contributed by atoms with Gasteiger partial charge < -0.3 is 10.6 Å². The first-order valence-electron chi connectivity index (χ1n) is 6.48. The van der Waals surface area contributed by atoms with Crippen LogP contribution < -0.4 is 16.0 Å². The molecule has 0 unspecified atom stereocenters. The van der Waals surface area contributed by atoms with Crippen LogP contribution in [0.5, 0.6) is 0 Å². The van der Waals surface area contributed by atoms with Gasteiger partial charge in [-0.1, -0.05) is 29.3 Å². The quantitative estimate of drug-likeness (QED) is 0.660. The number of hydrogen-bond acceptors (Lipinski definition) is 3. The molecule has 4 nitrogen and oxygen atoms in total. The molecule has 0 aromatic heterocycles. The molecule has 0 spiro atoms. The van der Waals surface area contributed by atoms with Crippen LogP contribution in [-0.2, 0) is 0 Å². The van der Waals surface area contributed by atoms with Gasteiger partial charge in [-0.2, -0.15) is 0 Å². The molecule has 3 N–H and O–H groups in total. The van der Waals surface area contributed by atoms with E-state index in [1.165, 1.54) is 24.3 Å². The molecule has 0 fully saturated rings. The molecular weight excluding hydrogens is 392 g/mol. The first-order valence-corrected chi connectivity index (χ1v) is 8.06. The summed E-state index contributed by atoms with van der Waals surface area (Å²) < 4.78 is 13.3. The normalized spacial score (nSPS) is 9.96. The third kappa shape index (κ3) is 5.68. The van der Waals surface area contributed by atoms with Gasteiger partial charge in [-0.05, 0) is 60.8 Å². The van der Waals surface area contributed by atoms with Crippen LogP contribution in [0.4, 0.5) is 10.1 Å². The predicted molar refractivity (Wildman–Crippen MR) is 102 cm³/mol. The Labute approximate surface area is 158 Å². The van der Waals surface area contributed by atoms with Crippen molar-refractivity contribution in [2.75, 3.05) is 5.32 Å². The molecule has 24 heavy (non-hydrogen) atoms. The Balaban J connectivity index is 1.92. The van der Waals surface area contributed by atoms with E-state index < -0.39 is 11.7 Å². The van der Waals surface area contributed by atoms with Gasteiger partial charge in [-0.15, -0.1) is 0 Å². The third-order valence-electron chi connectivity index (χ3n) is 2.66. The van der Waals surface area contributed by atoms with E-state index in [1.807, 2.05) is 0 Å². The number of nitrogens with one attached hydrogen (secondary N) is 3. The molecule has 0 radical (unpaired) electrons. The number of thiocarbonyl (C=S) groups is 2. The van der Waals surface area contributed by atoms with Gasteiger partial charge in [0.05, 0.1) is 0 Å². The lowest BCUT2D eigenvalue weighted by atomic mass is 10.2. The minimum Gasteiger partial charge on any atom is -0.332 e. The molecule has 2 rings (SSSR count). The van der Waals surface area contributed by atoms with Gasteiger partial charge >= 0.3 is 0 Å². The van der Waals surface area contributed by atoms with E-state index >= 15 is 0 Å². The Morgan fingerprint density at radius 2 is 1.71 bits per heavy atom. The number of rotatable bonds is 2. The van der Waals surface area contributed by atoms with E-state index in [1.54, 1.807) is 18.2 Å². The first-order chi connectivity index (χ1) is 11.3. The molecule has 2 aromatic carbocycles. The standard InChI is InChI=1S/C15H10Cl2FN3OS2/c16-9-3-1-2-8(4-9)13(22)20-15(24)21-14(23)19-12-6-10(17)5-11(18)7-12/h1-7H,(H3,19,20,21,22,23,24). The van der Waals surface area contributed by atoms with Crippen LogP contribution >= 0.6 is 47.6 Å². The van der Waals surface area contributed by atoms with Crippen molar-refractivity contribution in [3.8, 4) is 0 Å². The van der Waals surface area contributed by atoms with E-state index in [9.17, 15) is 9.18 Å². The number of benzene rings is 2. The van der Waals surface area contributed by atoms with Crippen LogP contribution in [0.2, 0.25) is 10.0 Å². The zero-order valence-electron chi connectivity index (χ0n) is 11.9. The predicted octanol–water partition coefficient (Wildman–Crippen LogP) is 4.13. The highest BCUT2D eigenvalue weighted by Crippen LogP contribution is 2.17. The third-order valence-corrected chi connectivity index (χ3v) is 3.52. The lowest BCUT2D eigenvalue weighted by Gasteiger charge is -2.12. The molecule has 0 bridgehead atoms. The second-order valence-electron chi connectivity index (χ2n) is 4.53. The monoisotopic (exact) mass is 401 g/mol. The maximum absolute atomic E-state index is 13.3. The lowest BCUT2D eigenvalue weighted by molar-refractivity contribution is 0.0977. The van der Waals surface area contributed by atoms with Crippen molar-refractivity contribution in [2.45, 2.75) is 0 Å². The minimum atomic E-state index is -0.510. The summed E-state index contributed by atoms with van der Waals surface area (Å²) in [6.07, 6.45) is 0. The topological polar surface area (TPSA) is 53.2 Å². The summed E-state index contributed by atoms with van der Waals surface area (Å²) in [6, 6.07) is 10.3. The van der Waals surface area contributed by atoms with Crippen LogP contribution in [0.25, 0.3) is 0 Å². The molecule has 0 saturated carbocycles. The fraction of sp³-hybridized carbons (Fsp3) is 0. The molecule has 124 valence electrons. The van der Waals surface area contributed by atoms with Crippen molar-refractivity contribution in [3.05, 3.63) is 63.9 Å². The molecule has 0 saturated heterocycles. The fourth-order valence-corrected chi connectivity index (χ4v) is 2.62. The Kier molecular flexibility index (Phi) is 6.44. The molecule has 0 aliphatic rings. The molecule has 2 aromatic rings. The van der Waals surface area contributed by atoms with Crippen molar-refractivity contribution in [1.29, 1.82) is 0 Å². The molecule has 9 heteroatoms. The fourth-order valence-electron chi connectivity index (χ4n) is 1.73. The molecule has 0 heterocycles. The van der Waals surface area contributed by atoms with Gasteiger partial charge in [-0.3, -0.25) is 10.1 Å². The van der Waals surface area contributed by atoms with Crippen molar-refractivity contribution in [3.63, 3.8) is 0 Å². The Bertz CT molecular complexity index is 797. The summed E-state index contributed by atoms with van der Waals surface area (Å²) in [5.41, 5.74) is 0.698. The Morgan fingerprint density at radius 3 is 2.38 bits per heavy atom. The SMILES string of the molecule is O=C(NC(=S)NC(=S)Nc1cc(F)cc(Cl)c1)c1cccc(Cl)c1. The minimum absolute atomic E-state index is 0.0139. The molecule has 0 aliphatic carbocycles. The zero-order valence-corrected chi connectivity index (χ0v) is 15.0. The van der Waals surface area contributed by atoms with Crippen LogP contribution in [0.1, 0.15) is 10.4 Å². The average molecular weight is 402 g/mol. The van der Waals surface area contributed by atoms with Crippen molar-refractivity contribution >= 4 is 69.5 Å². The maximum Gasteiger partial charge on any atom is 0.257 e. The van der Waals surface area contributed by atoms with Crippen molar-refractivity contribution < 1.29 is 9.18 Å². The number of carbonyl (C=O) groups excluding carboxylic acids is 1. The average Bonchev–Trinajstić information content (AvgIpc) is 2.45. The highest BCUT2D eigenvalue weighted by molar-refractivity contribution is 7.82. The zero-order chi connectivity index (χ0) is 17.7. The number of amides is 1. The van der Waals surface area contributed by atoms with Crippen LogP contribution in [0.3, 0.4) is 0 Å². The smallest absolute Gasteiger partial charge is 0.257 e. The van der Waals surface area contributed by atoms with Gasteiger partial charge in [0.25, 0.3) is 5.91 Å². The van der Waals surface area contributed by atoms with E-state index in [-0.39, 0.29) is 15.2 Å². The Morgan fingerprint density at radius 1 is 0.958 bits per heavy atom. The van der Waals surface area contributed by atoms with Gasteiger partial charge in [-0.25, -0.2) is 4.39 Å². The first kappa shape index (κ1) is 18.5. The van der Waals surface area contributed by atoms with E-state index in [4.69, 9.17) is 47.6 Å². The highest BCUT2D eigenvalue weighted by atomic mass is 35.5. The largest absolute Gasteiger partial charge is 0.332 e. The van der Waals surface area contributed by atoms with Gasteiger partial charge in [0.1, 0.15) is 5.82 Å². The summed E-state index contributed by atoms with van der Waals surface area (Å²) in [7, 11) is 0. The van der Waals surface area contributed by atoms with Crippen LogP contribution in [0, 0.1) is 5.82 Å². The maximum atomic E-state index is 13.3. The van der Waals surface area contributed by atoms with Gasteiger partial charge in [0.2, 0.25) is 0 Å². The summed E-state index contributed by atoms with van der Waals surface area (Å²) in [5.74, 6) is -0.948. The van der Waals surface area contributed by atoms with Gasteiger partial charge in [0, 0.05) is 21.3 Å². The summed E-state index contributed by atoms with van der Waals surface area (Å²) in [6.45, 7) is 0. The Hall–Kier alpha value is -1.80.